The number of benzene rings is 1. The van der Waals surface area contributed by atoms with E-state index in [1.807, 2.05) is 0 Å². The SMILES string of the molecule is C[C@@H]1CC(F)(F)[C@H](C)N2CN1n1cc(C(=O)NCc3ccc(F)cc3F)c(=O)c(O)c1C2=O. The molecule has 4 rings (SSSR count). The Balaban J connectivity index is 1.72. The van der Waals surface area contributed by atoms with Crippen LogP contribution in [0, 0.1) is 11.6 Å². The van der Waals surface area contributed by atoms with E-state index in [2.05, 4.69) is 5.32 Å². The lowest BCUT2D eigenvalue weighted by Crippen LogP contribution is -2.58. The van der Waals surface area contributed by atoms with E-state index in [1.165, 1.54) is 18.9 Å². The molecule has 12 heteroatoms. The predicted octanol–water partition coefficient (Wildman–Crippen LogP) is 1.93. The molecular weight excluding hydrogens is 448 g/mol. The first kappa shape index (κ1) is 22.6. The quantitative estimate of drug-likeness (QED) is 0.672. The summed E-state index contributed by atoms with van der Waals surface area (Å²) in [5.41, 5.74) is -2.32. The van der Waals surface area contributed by atoms with E-state index in [-0.39, 0.29) is 18.8 Å². The molecule has 176 valence electrons. The standard InChI is InChI=1S/C21H20F4N4O4/c1-10-6-21(24,25)11(2)27-9-29(10)28-8-14(17(30)18(31)16(28)20(27)33)19(32)26-7-12-3-4-13(22)5-15(12)23/h3-5,8,10-11,31H,6-7,9H2,1-2H3,(H,26,32)/t10-,11+/m1/s1. The minimum absolute atomic E-state index is 0.0461. The van der Waals surface area contributed by atoms with Gasteiger partial charge in [-0.1, -0.05) is 6.07 Å². The van der Waals surface area contributed by atoms with E-state index in [4.69, 9.17) is 0 Å². The molecule has 2 aliphatic rings. The molecule has 1 saturated heterocycles. The molecule has 0 aliphatic carbocycles. The van der Waals surface area contributed by atoms with Crippen LogP contribution in [0.4, 0.5) is 17.6 Å². The lowest BCUT2D eigenvalue weighted by molar-refractivity contribution is -0.0653. The van der Waals surface area contributed by atoms with Crippen LogP contribution in [0.2, 0.25) is 0 Å². The van der Waals surface area contributed by atoms with Crippen molar-refractivity contribution in [1.82, 2.24) is 14.9 Å². The summed E-state index contributed by atoms with van der Waals surface area (Å²) >= 11 is 0. The molecule has 1 aromatic carbocycles. The van der Waals surface area contributed by atoms with Gasteiger partial charge in [0.2, 0.25) is 5.43 Å². The molecule has 2 atom stereocenters. The van der Waals surface area contributed by atoms with Crippen LogP contribution in [0.5, 0.6) is 5.75 Å². The predicted molar refractivity (Wildman–Crippen MR) is 108 cm³/mol. The Morgan fingerprint density at radius 3 is 2.61 bits per heavy atom. The molecule has 1 fully saturated rings. The number of aromatic nitrogens is 1. The Morgan fingerprint density at radius 2 is 1.94 bits per heavy atom. The molecule has 0 radical (unpaired) electrons. The number of nitrogens with one attached hydrogen (secondary N) is 1. The summed E-state index contributed by atoms with van der Waals surface area (Å²) in [6.45, 7) is 2.06. The van der Waals surface area contributed by atoms with Crippen LogP contribution >= 0.6 is 0 Å². The molecule has 2 aliphatic heterocycles. The van der Waals surface area contributed by atoms with Crippen molar-refractivity contribution in [3.05, 3.63) is 63.1 Å². The average molecular weight is 468 g/mol. The lowest BCUT2D eigenvalue weighted by atomic mass is 10.0. The molecule has 1 aromatic heterocycles. The maximum Gasteiger partial charge on any atom is 0.278 e. The molecule has 3 heterocycles. The third kappa shape index (κ3) is 3.68. The Bertz CT molecular complexity index is 1220. The molecule has 33 heavy (non-hydrogen) atoms. The van der Waals surface area contributed by atoms with E-state index >= 15 is 0 Å². The molecule has 2 bridgehead atoms. The third-order valence-electron chi connectivity index (χ3n) is 6.06. The van der Waals surface area contributed by atoms with Crippen molar-refractivity contribution in [3.63, 3.8) is 0 Å². The van der Waals surface area contributed by atoms with Gasteiger partial charge < -0.3 is 15.3 Å². The monoisotopic (exact) mass is 468 g/mol. The van der Waals surface area contributed by atoms with Crippen LogP contribution in [0.3, 0.4) is 0 Å². The second kappa shape index (κ2) is 7.78. The zero-order chi connectivity index (χ0) is 24.2. The zero-order valence-corrected chi connectivity index (χ0v) is 17.6. The van der Waals surface area contributed by atoms with Crippen molar-refractivity contribution in [2.75, 3.05) is 11.7 Å². The molecule has 0 unspecified atom stereocenters. The topological polar surface area (TPSA) is 94.9 Å². The summed E-state index contributed by atoms with van der Waals surface area (Å²) < 4.78 is 57.1. The zero-order valence-electron chi connectivity index (χ0n) is 17.6. The maximum atomic E-state index is 14.6. The highest BCUT2D eigenvalue weighted by molar-refractivity contribution is 5.99. The number of pyridine rings is 1. The number of hydrogen-bond acceptors (Lipinski definition) is 5. The van der Waals surface area contributed by atoms with Gasteiger partial charge in [-0.05, 0) is 19.9 Å². The first-order chi connectivity index (χ1) is 15.4. The van der Waals surface area contributed by atoms with Gasteiger partial charge in [0.25, 0.3) is 17.7 Å². The number of amides is 2. The van der Waals surface area contributed by atoms with Crippen molar-refractivity contribution >= 4 is 11.8 Å². The van der Waals surface area contributed by atoms with Gasteiger partial charge in [0.1, 0.15) is 23.9 Å². The normalized spacial score (nSPS) is 21.5. The first-order valence-corrected chi connectivity index (χ1v) is 10.1. The molecule has 0 spiro atoms. The van der Waals surface area contributed by atoms with Gasteiger partial charge in [0.05, 0.1) is 12.1 Å². The van der Waals surface area contributed by atoms with Gasteiger partial charge in [-0.15, -0.1) is 0 Å². The Morgan fingerprint density at radius 1 is 1.24 bits per heavy atom. The van der Waals surface area contributed by atoms with Crippen LogP contribution in [0.15, 0.2) is 29.2 Å². The third-order valence-corrected chi connectivity index (χ3v) is 6.06. The minimum Gasteiger partial charge on any atom is -0.502 e. The largest absolute Gasteiger partial charge is 0.502 e. The fraction of sp³-hybridized carbons (Fsp3) is 0.381. The number of carbonyl (C=O) groups excluding carboxylic acids is 2. The second-order valence-electron chi connectivity index (χ2n) is 8.18. The number of halogens is 4. The highest BCUT2D eigenvalue weighted by atomic mass is 19.3. The molecule has 2 amide bonds. The Labute approximate surface area is 185 Å². The van der Waals surface area contributed by atoms with Gasteiger partial charge in [0, 0.05) is 30.8 Å². The number of aromatic hydroxyl groups is 1. The van der Waals surface area contributed by atoms with Gasteiger partial charge in [0.15, 0.2) is 11.4 Å². The van der Waals surface area contributed by atoms with Gasteiger partial charge in [-0.3, -0.25) is 24.1 Å². The Hall–Kier alpha value is -3.57. The second-order valence-corrected chi connectivity index (χ2v) is 8.18. The number of alkyl halides is 2. The average Bonchev–Trinajstić information content (AvgIpc) is 2.81. The minimum atomic E-state index is -3.22. The highest BCUT2D eigenvalue weighted by Crippen LogP contribution is 2.36. The summed E-state index contributed by atoms with van der Waals surface area (Å²) in [5, 5.41) is 14.1. The summed E-state index contributed by atoms with van der Waals surface area (Å²) in [7, 11) is 0. The number of fused-ring (bicyclic) bond motifs is 4. The maximum absolute atomic E-state index is 14.6. The summed E-state index contributed by atoms with van der Waals surface area (Å²) in [4.78, 5) is 39.1. The molecule has 0 saturated carbocycles. The Kier molecular flexibility index (Phi) is 5.33. The molecule has 2 aromatic rings. The first-order valence-electron chi connectivity index (χ1n) is 10.1. The van der Waals surface area contributed by atoms with Crippen molar-refractivity contribution in [1.29, 1.82) is 0 Å². The van der Waals surface area contributed by atoms with E-state index < -0.39 is 70.3 Å². The van der Waals surface area contributed by atoms with E-state index in [0.29, 0.717) is 6.07 Å². The van der Waals surface area contributed by atoms with Crippen molar-refractivity contribution in [3.8, 4) is 5.75 Å². The van der Waals surface area contributed by atoms with Gasteiger partial charge in [-0.25, -0.2) is 17.6 Å². The van der Waals surface area contributed by atoms with Crippen LogP contribution < -0.4 is 15.8 Å². The smallest absolute Gasteiger partial charge is 0.278 e. The molecular formula is C21H20F4N4O4. The summed E-state index contributed by atoms with van der Waals surface area (Å²) in [5.74, 6) is -7.94. The van der Waals surface area contributed by atoms with E-state index in [0.717, 1.165) is 27.9 Å². The van der Waals surface area contributed by atoms with Crippen LogP contribution in [0.25, 0.3) is 0 Å². The number of rotatable bonds is 3. The van der Waals surface area contributed by atoms with Crippen LogP contribution in [0.1, 0.15) is 46.7 Å². The van der Waals surface area contributed by atoms with E-state index in [1.54, 1.807) is 0 Å². The van der Waals surface area contributed by atoms with Crippen molar-refractivity contribution < 1.29 is 32.3 Å². The van der Waals surface area contributed by atoms with Gasteiger partial charge >= 0.3 is 0 Å². The fourth-order valence-electron chi connectivity index (χ4n) is 4.06. The number of nitrogens with zero attached hydrogens (tertiary/aromatic N) is 3. The number of carbonyl (C=O) groups is 2. The lowest BCUT2D eigenvalue weighted by Gasteiger charge is -2.41. The van der Waals surface area contributed by atoms with Crippen LogP contribution in [-0.4, -0.2) is 51.2 Å². The molecule has 8 nitrogen and oxygen atoms in total. The molecule has 2 N–H and O–H groups in total. The van der Waals surface area contributed by atoms with Gasteiger partial charge in [-0.2, -0.15) is 0 Å². The number of hydrogen-bond donors (Lipinski definition) is 2. The summed E-state index contributed by atoms with van der Waals surface area (Å²) in [6.07, 6.45) is 0.392. The van der Waals surface area contributed by atoms with Crippen molar-refractivity contribution in [2.45, 2.75) is 44.8 Å². The van der Waals surface area contributed by atoms with Crippen LogP contribution in [-0.2, 0) is 6.54 Å². The fourth-order valence-corrected chi connectivity index (χ4v) is 4.06. The highest BCUT2D eigenvalue weighted by Gasteiger charge is 2.51. The summed E-state index contributed by atoms with van der Waals surface area (Å²) in [6, 6.07) is 0.463. The van der Waals surface area contributed by atoms with E-state index in [9.17, 15) is 37.1 Å². The van der Waals surface area contributed by atoms with Crippen molar-refractivity contribution in [2.24, 2.45) is 0 Å².